The number of likely N-dealkylation sites (N-methyl/N-ethyl adjacent to an activating group) is 1. The van der Waals surface area contributed by atoms with Crippen LogP contribution in [0.15, 0.2) is 18.2 Å². The number of benzene rings is 1. The van der Waals surface area contributed by atoms with E-state index >= 15 is 0 Å². The molecule has 2 aliphatic heterocycles. The number of amides is 2. The first-order valence-electron chi connectivity index (χ1n) is 7.21. The van der Waals surface area contributed by atoms with Crippen molar-refractivity contribution in [2.24, 2.45) is 5.73 Å². The number of nitrogens with zero attached hydrogens (tertiary/aromatic N) is 2. The van der Waals surface area contributed by atoms with Crippen LogP contribution in [0, 0.1) is 0 Å². The summed E-state index contributed by atoms with van der Waals surface area (Å²) in [6.45, 7) is 2.80. The van der Waals surface area contributed by atoms with Gasteiger partial charge in [-0.3, -0.25) is 9.59 Å². The molecule has 0 saturated carbocycles. The van der Waals surface area contributed by atoms with Gasteiger partial charge in [-0.25, -0.2) is 0 Å². The Hall–Kier alpha value is -1.92. The molecule has 0 aliphatic carbocycles. The zero-order valence-corrected chi connectivity index (χ0v) is 12.1. The number of fused-ring (bicyclic) bond motifs is 1. The Morgan fingerprint density at radius 1 is 1.43 bits per heavy atom. The summed E-state index contributed by atoms with van der Waals surface area (Å²) in [5, 5.41) is 2.78. The van der Waals surface area contributed by atoms with Gasteiger partial charge >= 0.3 is 0 Å². The molecule has 0 aromatic heterocycles. The second-order valence-corrected chi connectivity index (χ2v) is 5.75. The molecule has 2 aliphatic rings. The molecule has 1 unspecified atom stereocenters. The monoisotopic (exact) mass is 288 g/mol. The molecule has 0 spiro atoms. The van der Waals surface area contributed by atoms with Crippen LogP contribution in [0.25, 0.3) is 0 Å². The number of carbonyl (C=O) groups excluding carboxylic acids is 2. The molecule has 0 radical (unpaired) electrons. The van der Waals surface area contributed by atoms with Gasteiger partial charge in [-0.05, 0) is 30.8 Å². The highest BCUT2D eigenvalue weighted by molar-refractivity contribution is 6.01. The minimum absolute atomic E-state index is 0.000647. The van der Waals surface area contributed by atoms with Gasteiger partial charge in [0.25, 0.3) is 5.91 Å². The Kier molecular flexibility index (Phi) is 3.65. The van der Waals surface area contributed by atoms with E-state index in [1.165, 1.54) is 0 Å². The molecule has 1 fully saturated rings. The zero-order chi connectivity index (χ0) is 15.0. The van der Waals surface area contributed by atoms with Crippen LogP contribution in [0.2, 0.25) is 0 Å². The van der Waals surface area contributed by atoms with Crippen molar-refractivity contribution in [1.82, 2.24) is 9.80 Å². The second kappa shape index (κ2) is 5.46. The molecule has 6 nitrogen and oxygen atoms in total. The van der Waals surface area contributed by atoms with Crippen LogP contribution in [0.1, 0.15) is 15.9 Å². The summed E-state index contributed by atoms with van der Waals surface area (Å²) in [4.78, 5) is 28.1. The third kappa shape index (κ3) is 2.64. The SMILES string of the molecule is CN1CCN(C(=O)c2ccc3c(c2)CC(=O)N3)C(CN)C1. The van der Waals surface area contributed by atoms with Crippen molar-refractivity contribution in [3.8, 4) is 0 Å². The molecule has 0 bridgehead atoms. The van der Waals surface area contributed by atoms with E-state index in [0.29, 0.717) is 25.1 Å². The third-order valence-corrected chi connectivity index (χ3v) is 4.20. The molecule has 1 saturated heterocycles. The van der Waals surface area contributed by atoms with Crippen molar-refractivity contribution in [1.29, 1.82) is 0 Å². The van der Waals surface area contributed by atoms with Crippen LogP contribution in [0.5, 0.6) is 0 Å². The van der Waals surface area contributed by atoms with Crippen molar-refractivity contribution in [3.63, 3.8) is 0 Å². The Labute approximate surface area is 123 Å². The lowest BCUT2D eigenvalue weighted by atomic mass is 10.1. The predicted octanol–water partition coefficient (Wildman–Crippen LogP) is -0.104. The van der Waals surface area contributed by atoms with Gasteiger partial charge in [0.1, 0.15) is 0 Å². The quantitative estimate of drug-likeness (QED) is 0.796. The van der Waals surface area contributed by atoms with Gasteiger partial charge < -0.3 is 20.9 Å². The van der Waals surface area contributed by atoms with Crippen LogP contribution in [0.4, 0.5) is 5.69 Å². The van der Waals surface area contributed by atoms with Gasteiger partial charge in [-0.1, -0.05) is 0 Å². The Morgan fingerprint density at radius 3 is 3.00 bits per heavy atom. The highest BCUT2D eigenvalue weighted by Crippen LogP contribution is 2.25. The maximum absolute atomic E-state index is 12.7. The number of anilines is 1. The first-order chi connectivity index (χ1) is 10.1. The van der Waals surface area contributed by atoms with E-state index in [1.54, 1.807) is 12.1 Å². The average molecular weight is 288 g/mol. The van der Waals surface area contributed by atoms with Crippen LogP contribution in [-0.2, 0) is 11.2 Å². The summed E-state index contributed by atoms with van der Waals surface area (Å²) in [6.07, 6.45) is 0.347. The molecule has 3 N–H and O–H groups in total. The summed E-state index contributed by atoms with van der Waals surface area (Å²) in [6, 6.07) is 5.45. The lowest BCUT2D eigenvalue weighted by Gasteiger charge is -2.39. The standard InChI is InChI=1S/C15H20N4O2/c1-18-4-5-19(12(8-16)9-18)15(21)10-2-3-13-11(6-10)7-14(20)17-13/h2-3,6,12H,4-5,7-9,16H2,1H3,(H,17,20). The maximum atomic E-state index is 12.7. The number of nitrogens with two attached hydrogens (primary N) is 1. The first kappa shape index (κ1) is 14.0. The number of hydrogen-bond donors (Lipinski definition) is 2. The summed E-state index contributed by atoms with van der Waals surface area (Å²) in [5.74, 6) is -0.0188. The second-order valence-electron chi connectivity index (χ2n) is 5.75. The van der Waals surface area contributed by atoms with Crippen molar-refractivity contribution in [2.75, 3.05) is 38.5 Å². The lowest BCUT2D eigenvalue weighted by Crippen LogP contribution is -2.56. The molecular weight excluding hydrogens is 268 g/mol. The van der Waals surface area contributed by atoms with Gasteiger partial charge in [0.15, 0.2) is 0 Å². The van der Waals surface area contributed by atoms with Crippen LogP contribution in [-0.4, -0.2) is 60.9 Å². The first-order valence-corrected chi connectivity index (χ1v) is 7.21. The van der Waals surface area contributed by atoms with E-state index in [2.05, 4.69) is 10.2 Å². The maximum Gasteiger partial charge on any atom is 0.254 e. The molecule has 2 amide bonds. The van der Waals surface area contributed by atoms with Gasteiger partial charge in [0, 0.05) is 37.4 Å². The Balaban J connectivity index is 1.82. The highest BCUT2D eigenvalue weighted by atomic mass is 16.2. The number of piperazine rings is 1. The van der Waals surface area contributed by atoms with Crippen molar-refractivity contribution in [3.05, 3.63) is 29.3 Å². The molecule has 1 aromatic carbocycles. The smallest absolute Gasteiger partial charge is 0.254 e. The average Bonchev–Trinajstić information content (AvgIpc) is 2.85. The number of hydrogen-bond acceptors (Lipinski definition) is 4. The van der Waals surface area contributed by atoms with Crippen molar-refractivity contribution in [2.45, 2.75) is 12.5 Å². The Morgan fingerprint density at radius 2 is 2.24 bits per heavy atom. The molecule has 21 heavy (non-hydrogen) atoms. The predicted molar refractivity (Wildman–Crippen MR) is 80.2 cm³/mol. The summed E-state index contributed by atoms with van der Waals surface area (Å²) in [7, 11) is 2.04. The molecule has 112 valence electrons. The topological polar surface area (TPSA) is 78.7 Å². The summed E-state index contributed by atoms with van der Waals surface area (Å²) in [5.41, 5.74) is 8.14. The number of carbonyl (C=O) groups is 2. The van der Waals surface area contributed by atoms with E-state index < -0.39 is 0 Å². The van der Waals surface area contributed by atoms with Crippen molar-refractivity contribution >= 4 is 17.5 Å². The van der Waals surface area contributed by atoms with Gasteiger partial charge in [-0.2, -0.15) is 0 Å². The van der Waals surface area contributed by atoms with Crippen LogP contribution < -0.4 is 11.1 Å². The van der Waals surface area contributed by atoms with Gasteiger partial charge in [0.05, 0.1) is 12.5 Å². The molecular formula is C15H20N4O2. The largest absolute Gasteiger partial charge is 0.332 e. The van der Waals surface area contributed by atoms with Crippen LogP contribution in [0.3, 0.4) is 0 Å². The minimum Gasteiger partial charge on any atom is -0.332 e. The van der Waals surface area contributed by atoms with E-state index in [1.807, 2.05) is 18.0 Å². The fourth-order valence-corrected chi connectivity index (χ4v) is 3.01. The fourth-order valence-electron chi connectivity index (χ4n) is 3.01. The summed E-state index contributed by atoms with van der Waals surface area (Å²) < 4.78 is 0. The van der Waals surface area contributed by atoms with E-state index in [4.69, 9.17) is 5.73 Å². The molecule has 3 rings (SSSR count). The van der Waals surface area contributed by atoms with Gasteiger partial charge in [-0.15, -0.1) is 0 Å². The molecule has 1 atom stereocenters. The van der Waals surface area contributed by atoms with E-state index in [-0.39, 0.29) is 17.9 Å². The van der Waals surface area contributed by atoms with Crippen LogP contribution >= 0.6 is 0 Å². The van der Waals surface area contributed by atoms with E-state index in [0.717, 1.165) is 24.3 Å². The number of rotatable bonds is 2. The zero-order valence-electron chi connectivity index (χ0n) is 12.1. The Bertz CT molecular complexity index is 587. The molecule has 2 heterocycles. The minimum atomic E-state index is -0.0194. The van der Waals surface area contributed by atoms with Gasteiger partial charge in [0.2, 0.25) is 5.91 Å². The van der Waals surface area contributed by atoms with Crippen molar-refractivity contribution < 1.29 is 9.59 Å². The highest BCUT2D eigenvalue weighted by Gasteiger charge is 2.29. The normalized spacial score (nSPS) is 22.1. The van der Waals surface area contributed by atoms with E-state index in [9.17, 15) is 9.59 Å². The summed E-state index contributed by atoms with van der Waals surface area (Å²) >= 11 is 0. The fraction of sp³-hybridized carbons (Fsp3) is 0.467. The molecule has 1 aromatic rings. The molecule has 6 heteroatoms. The number of nitrogens with one attached hydrogen (secondary N) is 1. The third-order valence-electron chi connectivity index (χ3n) is 4.20. The lowest BCUT2D eigenvalue weighted by molar-refractivity contribution is -0.115.